The second-order valence-corrected chi connectivity index (χ2v) is 5.08. The van der Waals surface area contributed by atoms with Gasteiger partial charge in [-0.2, -0.15) is 0 Å². The molecule has 2 heterocycles. The van der Waals surface area contributed by atoms with E-state index in [1.807, 2.05) is 23.6 Å². The number of carbonyl (C=O) groups excluding carboxylic acids is 1. The van der Waals surface area contributed by atoms with E-state index in [0.29, 0.717) is 15.4 Å². The number of hydrogen-bond donors (Lipinski definition) is 0. The Bertz CT molecular complexity index is 580. The van der Waals surface area contributed by atoms with Crippen molar-refractivity contribution in [1.82, 2.24) is 4.57 Å². The molecule has 17 heavy (non-hydrogen) atoms. The molecule has 0 aliphatic carbocycles. The largest absolute Gasteiger partial charge is 0.467 e. The van der Waals surface area contributed by atoms with Crippen molar-refractivity contribution in [2.75, 3.05) is 7.11 Å². The molecule has 0 N–H and O–H groups in total. The van der Waals surface area contributed by atoms with E-state index in [4.69, 9.17) is 21.4 Å². The fourth-order valence-electron chi connectivity index (χ4n) is 1.50. The number of carbonyl (C=O) groups is 1. The Balaban J connectivity index is 2.38. The first-order valence-electron chi connectivity index (χ1n) is 4.94. The molecular formula is C11H11NO3S2. The fourth-order valence-corrected chi connectivity index (χ4v) is 2.86. The summed E-state index contributed by atoms with van der Waals surface area (Å²) in [6, 6.07) is 3.69. The quantitative estimate of drug-likeness (QED) is 0.634. The van der Waals surface area contributed by atoms with E-state index in [9.17, 15) is 4.79 Å². The third kappa shape index (κ3) is 2.32. The normalized spacial score (nSPS) is 10.5. The van der Waals surface area contributed by atoms with Crippen LogP contribution in [0.4, 0.5) is 0 Å². The summed E-state index contributed by atoms with van der Waals surface area (Å²) in [6.07, 6.45) is 1.61. The molecule has 0 bridgehead atoms. The summed E-state index contributed by atoms with van der Waals surface area (Å²) in [5.41, 5.74) is 0.809. The van der Waals surface area contributed by atoms with Crippen LogP contribution in [0.15, 0.2) is 22.8 Å². The number of aromatic nitrogens is 1. The summed E-state index contributed by atoms with van der Waals surface area (Å²) < 4.78 is 12.5. The van der Waals surface area contributed by atoms with Gasteiger partial charge >= 0.3 is 5.97 Å². The zero-order valence-electron chi connectivity index (χ0n) is 9.43. The van der Waals surface area contributed by atoms with E-state index >= 15 is 0 Å². The lowest BCUT2D eigenvalue weighted by Gasteiger charge is -2.03. The van der Waals surface area contributed by atoms with Gasteiger partial charge in [0.15, 0.2) is 3.95 Å². The third-order valence-electron chi connectivity index (χ3n) is 2.41. The van der Waals surface area contributed by atoms with Gasteiger partial charge < -0.3 is 13.7 Å². The maximum Gasteiger partial charge on any atom is 0.349 e. The van der Waals surface area contributed by atoms with E-state index < -0.39 is 0 Å². The molecule has 0 aromatic carbocycles. The van der Waals surface area contributed by atoms with Crippen molar-refractivity contribution >= 4 is 29.5 Å². The average Bonchev–Trinajstić information content (AvgIpc) is 2.91. The predicted molar refractivity (Wildman–Crippen MR) is 67.0 cm³/mol. The zero-order valence-corrected chi connectivity index (χ0v) is 11.1. The Labute approximate surface area is 107 Å². The molecule has 0 fully saturated rings. The van der Waals surface area contributed by atoms with Gasteiger partial charge in [-0.3, -0.25) is 0 Å². The third-order valence-corrected chi connectivity index (χ3v) is 3.94. The lowest BCUT2D eigenvalue weighted by atomic mass is 10.3. The molecule has 90 valence electrons. The molecule has 0 saturated heterocycles. The average molecular weight is 269 g/mol. The molecule has 0 aliphatic heterocycles. The van der Waals surface area contributed by atoms with Gasteiger partial charge in [-0.25, -0.2) is 4.79 Å². The number of hydrogen-bond acceptors (Lipinski definition) is 5. The van der Waals surface area contributed by atoms with Crippen LogP contribution in [0.1, 0.15) is 21.1 Å². The first-order chi connectivity index (χ1) is 8.13. The molecule has 0 radical (unpaired) electrons. The fraction of sp³-hybridized carbons (Fsp3) is 0.273. The number of nitrogens with zero attached hydrogens (tertiary/aromatic N) is 1. The SMILES string of the molecule is COC(=O)c1sc(=S)n(Cc2ccco2)c1C. The van der Waals surface area contributed by atoms with E-state index in [1.54, 1.807) is 6.26 Å². The van der Waals surface area contributed by atoms with Crippen molar-refractivity contribution in [1.29, 1.82) is 0 Å². The highest BCUT2D eigenvalue weighted by Gasteiger charge is 2.16. The number of furan rings is 1. The number of methoxy groups -OCH3 is 1. The summed E-state index contributed by atoms with van der Waals surface area (Å²) in [6.45, 7) is 2.38. The van der Waals surface area contributed by atoms with Crippen molar-refractivity contribution in [3.05, 3.63) is 38.7 Å². The van der Waals surface area contributed by atoms with Crippen molar-refractivity contribution in [2.45, 2.75) is 13.5 Å². The summed E-state index contributed by atoms with van der Waals surface area (Å²) >= 11 is 6.49. The molecule has 0 amide bonds. The number of esters is 1. The molecule has 2 rings (SSSR count). The maximum absolute atomic E-state index is 11.5. The summed E-state index contributed by atoms with van der Waals surface area (Å²) in [7, 11) is 1.36. The Morgan fingerprint density at radius 2 is 2.41 bits per heavy atom. The molecule has 6 heteroatoms. The van der Waals surface area contributed by atoms with Gasteiger partial charge in [0.05, 0.1) is 19.9 Å². The molecule has 0 aliphatic rings. The predicted octanol–water partition coefficient (Wildman–Crippen LogP) is 3.02. The molecular weight excluding hydrogens is 258 g/mol. The number of rotatable bonds is 3. The van der Waals surface area contributed by atoms with Crippen molar-refractivity contribution < 1.29 is 13.9 Å². The van der Waals surface area contributed by atoms with E-state index in [-0.39, 0.29) is 5.97 Å². The molecule has 0 unspecified atom stereocenters. The topological polar surface area (TPSA) is 44.4 Å². The van der Waals surface area contributed by atoms with Crippen LogP contribution in [-0.2, 0) is 11.3 Å². The summed E-state index contributed by atoms with van der Waals surface area (Å²) in [5.74, 6) is 0.454. The van der Waals surface area contributed by atoms with Gasteiger partial charge in [-0.05, 0) is 31.3 Å². The Kier molecular flexibility index (Phi) is 3.44. The zero-order chi connectivity index (χ0) is 12.4. The highest BCUT2D eigenvalue weighted by molar-refractivity contribution is 7.73. The minimum absolute atomic E-state index is 0.350. The maximum atomic E-state index is 11.5. The molecule has 4 nitrogen and oxygen atoms in total. The van der Waals surface area contributed by atoms with Gasteiger partial charge in [-0.1, -0.05) is 11.3 Å². The van der Waals surface area contributed by atoms with Gasteiger partial charge in [0.1, 0.15) is 10.6 Å². The summed E-state index contributed by atoms with van der Waals surface area (Å²) in [4.78, 5) is 12.1. The van der Waals surface area contributed by atoms with Crippen LogP contribution in [0.3, 0.4) is 0 Å². The smallest absolute Gasteiger partial charge is 0.349 e. The molecule has 0 atom stereocenters. The molecule has 2 aromatic heterocycles. The van der Waals surface area contributed by atoms with Crippen LogP contribution in [0, 0.1) is 10.9 Å². The van der Waals surface area contributed by atoms with Crippen molar-refractivity contribution in [3.63, 3.8) is 0 Å². The standard InChI is InChI=1S/C11H11NO3S2/c1-7-9(10(13)14-2)17-11(16)12(7)6-8-4-3-5-15-8/h3-5H,6H2,1-2H3. The van der Waals surface area contributed by atoms with Crippen molar-refractivity contribution in [2.24, 2.45) is 0 Å². The lowest BCUT2D eigenvalue weighted by Crippen LogP contribution is -2.05. The highest BCUT2D eigenvalue weighted by Crippen LogP contribution is 2.21. The minimum atomic E-state index is -0.350. The second kappa shape index (κ2) is 4.85. The lowest BCUT2D eigenvalue weighted by molar-refractivity contribution is 0.0605. The summed E-state index contributed by atoms with van der Waals surface area (Å²) in [5, 5.41) is 0. The van der Waals surface area contributed by atoms with Gasteiger partial charge in [0.2, 0.25) is 0 Å². The van der Waals surface area contributed by atoms with Crippen LogP contribution >= 0.6 is 23.6 Å². The Morgan fingerprint density at radius 1 is 1.65 bits per heavy atom. The molecule has 0 spiro atoms. The number of thiazole rings is 1. The van der Waals surface area contributed by atoms with Crippen LogP contribution in [-0.4, -0.2) is 17.6 Å². The van der Waals surface area contributed by atoms with Crippen molar-refractivity contribution in [3.8, 4) is 0 Å². The van der Waals surface area contributed by atoms with Crippen LogP contribution in [0.25, 0.3) is 0 Å². The molecule has 2 aromatic rings. The van der Waals surface area contributed by atoms with E-state index in [2.05, 4.69) is 0 Å². The van der Waals surface area contributed by atoms with Crippen LogP contribution < -0.4 is 0 Å². The highest BCUT2D eigenvalue weighted by atomic mass is 32.1. The Hall–Kier alpha value is -1.40. The number of ether oxygens (including phenoxy) is 1. The monoisotopic (exact) mass is 269 g/mol. The van der Waals surface area contributed by atoms with Crippen LogP contribution in [0.2, 0.25) is 0 Å². The Morgan fingerprint density at radius 3 is 3.00 bits per heavy atom. The van der Waals surface area contributed by atoms with Gasteiger partial charge in [-0.15, -0.1) is 0 Å². The van der Waals surface area contributed by atoms with Gasteiger partial charge in [0.25, 0.3) is 0 Å². The van der Waals surface area contributed by atoms with Crippen LogP contribution in [0.5, 0.6) is 0 Å². The van der Waals surface area contributed by atoms with E-state index in [0.717, 1.165) is 11.5 Å². The first-order valence-corrected chi connectivity index (χ1v) is 6.17. The minimum Gasteiger partial charge on any atom is -0.467 e. The first kappa shape index (κ1) is 12.1. The van der Waals surface area contributed by atoms with E-state index in [1.165, 1.54) is 18.4 Å². The molecule has 0 saturated carbocycles. The second-order valence-electron chi connectivity index (χ2n) is 3.44. The van der Waals surface area contributed by atoms with Gasteiger partial charge in [0, 0.05) is 5.69 Å².